The van der Waals surface area contributed by atoms with Crippen LogP contribution in [0.5, 0.6) is 0 Å². The molecular formula is C24H27N5O. The zero-order chi connectivity index (χ0) is 21.8. The van der Waals surface area contributed by atoms with Crippen LogP contribution in [0.3, 0.4) is 0 Å². The highest BCUT2D eigenvalue weighted by Crippen LogP contribution is 2.36. The number of ether oxygens (including phenoxy) is 1. The first-order chi connectivity index (χ1) is 14.7. The number of methoxy groups -OCH3 is 1. The second-order valence-electron chi connectivity index (χ2n) is 6.11. The van der Waals surface area contributed by atoms with Gasteiger partial charge in [-0.15, -0.1) is 0 Å². The number of hydrogen-bond acceptors (Lipinski definition) is 6. The van der Waals surface area contributed by atoms with Gasteiger partial charge >= 0.3 is 0 Å². The van der Waals surface area contributed by atoms with Gasteiger partial charge in [-0.1, -0.05) is 31.4 Å². The minimum atomic E-state index is -0.316. The van der Waals surface area contributed by atoms with Crippen molar-refractivity contribution in [1.29, 1.82) is 0 Å². The lowest BCUT2D eigenvalue weighted by atomic mass is 9.98. The molecule has 0 fully saturated rings. The van der Waals surface area contributed by atoms with Gasteiger partial charge in [0.1, 0.15) is 5.82 Å². The van der Waals surface area contributed by atoms with Gasteiger partial charge in [-0.3, -0.25) is 15.0 Å². The van der Waals surface area contributed by atoms with Gasteiger partial charge in [-0.2, -0.15) is 0 Å². The van der Waals surface area contributed by atoms with E-state index in [0.29, 0.717) is 11.7 Å². The lowest BCUT2D eigenvalue weighted by molar-refractivity contribution is 0.399. The van der Waals surface area contributed by atoms with Gasteiger partial charge in [0.2, 0.25) is 0 Å². The van der Waals surface area contributed by atoms with Crippen molar-refractivity contribution in [3.8, 4) is 0 Å². The summed E-state index contributed by atoms with van der Waals surface area (Å²) in [4.78, 5) is 19.7. The Morgan fingerprint density at radius 2 is 1.90 bits per heavy atom. The maximum absolute atomic E-state index is 5.31. The van der Waals surface area contributed by atoms with Gasteiger partial charge in [-0.05, 0) is 42.3 Å². The first kappa shape index (κ1) is 22.5. The molecule has 6 nitrogen and oxygen atoms in total. The Balaban J connectivity index is 2.83. The molecule has 2 aromatic rings. The molecule has 0 aliphatic heterocycles. The largest absolute Gasteiger partial charge is 0.484 e. The molecule has 0 amide bonds. The molecule has 2 heterocycles. The first-order valence-electron chi connectivity index (χ1n) is 9.47. The van der Waals surface area contributed by atoms with Gasteiger partial charge < -0.3 is 9.64 Å². The minimum Gasteiger partial charge on any atom is -0.484 e. The number of hydrogen-bond donors (Lipinski definition) is 0. The molecule has 0 spiro atoms. The normalized spacial score (nSPS) is 13.8. The summed E-state index contributed by atoms with van der Waals surface area (Å²) in [6, 6.07) is 7.43. The lowest BCUT2D eigenvalue weighted by Gasteiger charge is -2.34. The predicted octanol–water partition coefficient (Wildman–Crippen LogP) is 5.28. The molecule has 0 bridgehead atoms. The molecule has 6 heteroatoms. The Morgan fingerprint density at radius 1 is 1.17 bits per heavy atom. The van der Waals surface area contributed by atoms with Crippen molar-refractivity contribution in [2.24, 2.45) is 9.98 Å². The maximum Gasteiger partial charge on any atom is 0.186 e. The van der Waals surface area contributed by atoms with E-state index in [9.17, 15) is 0 Å². The molecule has 2 aromatic heterocycles. The van der Waals surface area contributed by atoms with Gasteiger partial charge in [0.25, 0.3) is 0 Å². The van der Waals surface area contributed by atoms with Crippen LogP contribution in [0.4, 0.5) is 5.69 Å². The van der Waals surface area contributed by atoms with E-state index >= 15 is 0 Å². The average Bonchev–Trinajstić information content (AvgIpc) is 2.79. The molecule has 0 saturated carbocycles. The van der Waals surface area contributed by atoms with E-state index in [2.05, 4.69) is 33.1 Å². The number of aromatic nitrogens is 2. The maximum atomic E-state index is 5.31. The SMILES string of the molecule is C=C/C=C(\N=C(/C)OC)N(c1cccnc1)C(/C(C=C)=C/N=CC)c1cccnc1. The van der Waals surface area contributed by atoms with Gasteiger partial charge in [0.15, 0.2) is 5.90 Å². The van der Waals surface area contributed by atoms with E-state index in [1.165, 1.54) is 0 Å². The Hall–Kier alpha value is -3.80. The van der Waals surface area contributed by atoms with E-state index in [-0.39, 0.29) is 6.04 Å². The van der Waals surface area contributed by atoms with Crippen LogP contribution in [-0.2, 0) is 4.74 Å². The quantitative estimate of drug-likeness (QED) is 0.326. The number of pyridine rings is 2. The minimum absolute atomic E-state index is 0.316. The lowest BCUT2D eigenvalue weighted by Crippen LogP contribution is -2.29. The molecule has 0 N–H and O–H groups in total. The fraction of sp³-hybridized carbons (Fsp3) is 0.167. The molecule has 30 heavy (non-hydrogen) atoms. The summed E-state index contributed by atoms with van der Waals surface area (Å²) in [5.41, 5.74) is 2.64. The van der Waals surface area contributed by atoms with Crippen molar-refractivity contribution in [3.63, 3.8) is 0 Å². The molecule has 0 saturated heterocycles. The fourth-order valence-electron chi connectivity index (χ4n) is 2.82. The number of aliphatic imine (C=N–C) groups is 2. The fourth-order valence-corrected chi connectivity index (χ4v) is 2.82. The van der Waals surface area contributed by atoms with E-state index < -0.39 is 0 Å². The van der Waals surface area contributed by atoms with Crippen molar-refractivity contribution in [2.75, 3.05) is 12.0 Å². The van der Waals surface area contributed by atoms with Crippen molar-refractivity contribution < 1.29 is 4.74 Å². The summed E-state index contributed by atoms with van der Waals surface area (Å²) < 4.78 is 5.31. The van der Waals surface area contributed by atoms with E-state index in [0.717, 1.165) is 16.8 Å². The van der Waals surface area contributed by atoms with Crippen LogP contribution in [-0.4, -0.2) is 29.2 Å². The Labute approximate surface area is 178 Å². The Morgan fingerprint density at radius 3 is 2.43 bits per heavy atom. The third-order valence-electron chi connectivity index (χ3n) is 4.19. The van der Waals surface area contributed by atoms with Crippen LogP contribution in [0.15, 0.2) is 108 Å². The summed E-state index contributed by atoms with van der Waals surface area (Å²) >= 11 is 0. The summed E-state index contributed by atoms with van der Waals surface area (Å²) in [6.07, 6.45) is 15.9. The van der Waals surface area contributed by atoms with Crippen LogP contribution in [0.2, 0.25) is 0 Å². The Kier molecular flexibility index (Phi) is 8.93. The second kappa shape index (κ2) is 11.9. The van der Waals surface area contributed by atoms with Crippen LogP contribution < -0.4 is 4.90 Å². The Bertz CT molecular complexity index is 946. The molecular weight excluding hydrogens is 374 g/mol. The first-order valence-corrected chi connectivity index (χ1v) is 9.47. The summed E-state index contributed by atoms with van der Waals surface area (Å²) in [6.45, 7) is 11.5. The molecule has 154 valence electrons. The number of rotatable bonds is 9. The molecule has 2 rings (SSSR count). The van der Waals surface area contributed by atoms with Gasteiger partial charge in [0, 0.05) is 37.9 Å². The van der Waals surface area contributed by atoms with Crippen molar-refractivity contribution in [2.45, 2.75) is 19.9 Å². The molecule has 1 atom stereocenters. The van der Waals surface area contributed by atoms with Gasteiger partial charge in [-0.25, -0.2) is 4.99 Å². The molecule has 0 aliphatic rings. The van der Waals surface area contributed by atoms with Crippen LogP contribution in [0.25, 0.3) is 0 Å². The van der Waals surface area contributed by atoms with Crippen LogP contribution in [0.1, 0.15) is 25.5 Å². The smallest absolute Gasteiger partial charge is 0.186 e. The van der Waals surface area contributed by atoms with E-state index in [1.54, 1.807) is 57.2 Å². The average molecular weight is 402 g/mol. The molecule has 0 radical (unpaired) electrons. The molecule has 1 unspecified atom stereocenters. The van der Waals surface area contributed by atoms with Crippen LogP contribution >= 0.6 is 0 Å². The van der Waals surface area contributed by atoms with Crippen molar-refractivity contribution >= 4 is 17.8 Å². The topological polar surface area (TPSA) is 63.0 Å². The van der Waals surface area contributed by atoms with Gasteiger partial charge in [0.05, 0.1) is 25.0 Å². The highest BCUT2D eigenvalue weighted by Gasteiger charge is 2.27. The summed E-state index contributed by atoms with van der Waals surface area (Å²) in [5, 5.41) is 0. The van der Waals surface area contributed by atoms with E-state index in [4.69, 9.17) is 4.74 Å². The molecule has 0 aromatic carbocycles. The predicted molar refractivity (Wildman–Crippen MR) is 125 cm³/mol. The monoisotopic (exact) mass is 401 g/mol. The highest BCUT2D eigenvalue weighted by molar-refractivity contribution is 5.75. The third-order valence-corrected chi connectivity index (χ3v) is 4.19. The number of anilines is 1. The summed E-state index contributed by atoms with van der Waals surface area (Å²) in [7, 11) is 1.59. The zero-order valence-corrected chi connectivity index (χ0v) is 17.6. The number of allylic oxidation sites excluding steroid dienone is 2. The van der Waals surface area contributed by atoms with E-state index in [1.807, 2.05) is 48.4 Å². The highest BCUT2D eigenvalue weighted by atomic mass is 16.5. The molecule has 0 aliphatic carbocycles. The third kappa shape index (κ3) is 5.85. The van der Waals surface area contributed by atoms with Crippen molar-refractivity contribution in [3.05, 3.63) is 104 Å². The summed E-state index contributed by atoms with van der Waals surface area (Å²) in [5.74, 6) is 1.14. The number of nitrogens with zero attached hydrogens (tertiary/aromatic N) is 5. The zero-order valence-electron chi connectivity index (χ0n) is 17.6. The standard InChI is InChI=1S/C24H27N5O/c1-6-11-23(28-19(4)30-5)29(22-13-10-15-27-18-22)24(20(7-2)16-25-8-3)21-12-9-14-26-17-21/h6-18,24H,1-2H2,3-5H3/b20-16+,23-11+,25-8?,28-19+. The van der Waals surface area contributed by atoms with Crippen molar-refractivity contribution in [1.82, 2.24) is 9.97 Å². The van der Waals surface area contributed by atoms with Crippen LogP contribution in [0, 0.1) is 0 Å². The second-order valence-corrected chi connectivity index (χ2v) is 6.11.